The van der Waals surface area contributed by atoms with E-state index in [1.54, 1.807) is 12.1 Å². The van der Waals surface area contributed by atoms with Gasteiger partial charge < -0.3 is 10.1 Å². The van der Waals surface area contributed by atoms with Gasteiger partial charge in [0.15, 0.2) is 0 Å². The number of nitrogens with one attached hydrogen (secondary N) is 2. The Bertz CT molecular complexity index is 520. The summed E-state index contributed by atoms with van der Waals surface area (Å²) in [5.74, 6) is 0. The number of sulfonamides is 1. The molecule has 7 heteroatoms. The molecule has 0 bridgehead atoms. The molecule has 0 aromatic heterocycles. The molecule has 1 aromatic rings. The molecule has 0 spiro atoms. The lowest BCUT2D eigenvalue weighted by Crippen LogP contribution is -2.26. The highest BCUT2D eigenvalue weighted by Gasteiger charge is 2.17. The summed E-state index contributed by atoms with van der Waals surface area (Å²) in [6.07, 6.45) is 0.654. The van der Waals surface area contributed by atoms with Gasteiger partial charge in [0, 0.05) is 30.8 Å². The second-order valence-corrected chi connectivity index (χ2v) is 6.83. The van der Waals surface area contributed by atoms with Gasteiger partial charge >= 0.3 is 0 Å². The lowest BCUT2D eigenvalue weighted by Gasteiger charge is -2.10. The van der Waals surface area contributed by atoms with Crippen LogP contribution in [0.5, 0.6) is 0 Å². The lowest BCUT2D eigenvalue weighted by atomic mass is 10.2. The maximum atomic E-state index is 12.2. The number of hydrogen-bond acceptors (Lipinski definition) is 4. The first kappa shape index (κ1) is 17.6. The monoisotopic (exact) mass is 364 g/mol. The van der Waals surface area contributed by atoms with Crippen molar-refractivity contribution in [2.45, 2.75) is 24.8 Å². The zero-order chi connectivity index (χ0) is 15.0. The van der Waals surface area contributed by atoms with Crippen LogP contribution in [0.1, 0.15) is 18.9 Å². The van der Waals surface area contributed by atoms with Gasteiger partial charge in [-0.15, -0.1) is 0 Å². The van der Waals surface area contributed by atoms with Crippen LogP contribution in [0.4, 0.5) is 0 Å². The summed E-state index contributed by atoms with van der Waals surface area (Å²) >= 11 is 3.29. The van der Waals surface area contributed by atoms with E-state index in [9.17, 15) is 8.42 Å². The van der Waals surface area contributed by atoms with Crippen molar-refractivity contribution >= 4 is 26.0 Å². The molecule has 114 valence electrons. The molecule has 2 N–H and O–H groups in total. The quantitative estimate of drug-likeness (QED) is 0.656. The first-order chi connectivity index (χ1) is 9.51. The van der Waals surface area contributed by atoms with Gasteiger partial charge in [-0.05, 0) is 54.0 Å². The van der Waals surface area contributed by atoms with Crippen molar-refractivity contribution in [2.75, 3.05) is 26.8 Å². The predicted molar refractivity (Wildman–Crippen MR) is 83.2 cm³/mol. The highest BCUT2D eigenvalue weighted by molar-refractivity contribution is 9.10. The van der Waals surface area contributed by atoms with E-state index in [0.717, 1.165) is 5.56 Å². The van der Waals surface area contributed by atoms with Crippen LogP contribution < -0.4 is 10.0 Å². The van der Waals surface area contributed by atoms with Crippen molar-refractivity contribution in [3.63, 3.8) is 0 Å². The summed E-state index contributed by atoms with van der Waals surface area (Å²) in [6.45, 7) is 4.10. The molecule has 5 nitrogen and oxygen atoms in total. The minimum atomic E-state index is -3.50. The van der Waals surface area contributed by atoms with E-state index >= 15 is 0 Å². The molecule has 0 atom stereocenters. The third-order valence-electron chi connectivity index (χ3n) is 2.63. The van der Waals surface area contributed by atoms with E-state index in [1.165, 1.54) is 0 Å². The van der Waals surface area contributed by atoms with Crippen LogP contribution in [-0.4, -0.2) is 35.2 Å². The molecule has 0 saturated heterocycles. The van der Waals surface area contributed by atoms with Gasteiger partial charge in [-0.2, -0.15) is 0 Å². The summed E-state index contributed by atoms with van der Waals surface area (Å²) in [5, 5.41) is 3.00. The maximum Gasteiger partial charge on any atom is 0.241 e. The molecule has 0 fully saturated rings. The Morgan fingerprint density at radius 1 is 1.35 bits per heavy atom. The zero-order valence-electron chi connectivity index (χ0n) is 11.8. The normalized spacial score (nSPS) is 11.8. The van der Waals surface area contributed by atoms with Gasteiger partial charge in [0.2, 0.25) is 10.0 Å². The minimum absolute atomic E-state index is 0.265. The van der Waals surface area contributed by atoms with Gasteiger partial charge in [0.25, 0.3) is 0 Å². The Morgan fingerprint density at radius 3 is 2.75 bits per heavy atom. The summed E-state index contributed by atoms with van der Waals surface area (Å²) < 4.78 is 32.8. The molecule has 0 aliphatic carbocycles. The van der Waals surface area contributed by atoms with Crippen LogP contribution in [-0.2, 0) is 21.3 Å². The smallest absolute Gasteiger partial charge is 0.241 e. The van der Waals surface area contributed by atoms with Crippen LogP contribution in [0, 0.1) is 0 Å². The van der Waals surface area contributed by atoms with Gasteiger partial charge in [0.05, 0.1) is 4.90 Å². The topological polar surface area (TPSA) is 67.4 Å². The van der Waals surface area contributed by atoms with E-state index in [-0.39, 0.29) is 4.90 Å². The third kappa shape index (κ3) is 5.49. The molecule has 1 rings (SSSR count). The SMILES string of the molecule is CCOCCCNS(=O)(=O)c1cc(CNC)ccc1Br. The van der Waals surface area contributed by atoms with Crippen molar-refractivity contribution in [1.29, 1.82) is 0 Å². The van der Waals surface area contributed by atoms with Crippen molar-refractivity contribution in [3.05, 3.63) is 28.2 Å². The molecule has 0 aliphatic rings. The van der Waals surface area contributed by atoms with Crippen molar-refractivity contribution < 1.29 is 13.2 Å². The molecular weight excluding hydrogens is 344 g/mol. The second kappa shape index (κ2) is 8.74. The van der Waals surface area contributed by atoms with Gasteiger partial charge in [-0.25, -0.2) is 13.1 Å². The fourth-order valence-electron chi connectivity index (χ4n) is 1.67. The summed E-state index contributed by atoms with van der Waals surface area (Å²) in [5.41, 5.74) is 0.922. The number of hydrogen-bond donors (Lipinski definition) is 2. The highest BCUT2D eigenvalue weighted by Crippen LogP contribution is 2.23. The maximum absolute atomic E-state index is 12.2. The van der Waals surface area contributed by atoms with Crippen LogP contribution in [0.25, 0.3) is 0 Å². The van der Waals surface area contributed by atoms with Crippen LogP contribution in [0.15, 0.2) is 27.6 Å². The molecule has 0 saturated carbocycles. The van der Waals surface area contributed by atoms with Crippen molar-refractivity contribution in [1.82, 2.24) is 10.0 Å². The van der Waals surface area contributed by atoms with E-state index < -0.39 is 10.0 Å². The Morgan fingerprint density at radius 2 is 2.10 bits per heavy atom. The fraction of sp³-hybridized carbons (Fsp3) is 0.538. The molecule has 0 unspecified atom stereocenters. The number of rotatable bonds is 9. The third-order valence-corrected chi connectivity index (χ3v) is 5.08. The van der Waals surface area contributed by atoms with Gasteiger partial charge in [-0.3, -0.25) is 0 Å². The van der Waals surface area contributed by atoms with Crippen LogP contribution in [0.2, 0.25) is 0 Å². The highest BCUT2D eigenvalue weighted by atomic mass is 79.9. The molecule has 0 amide bonds. The van der Waals surface area contributed by atoms with Crippen LogP contribution in [0.3, 0.4) is 0 Å². The molecule has 0 heterocycles. The van der Waals surface area contributed by atoms with E-state index in [4.69, 9.17) is 4.74 Å². The summed E-state index contributed by atoms with van der Waals surface area (Å²) in [4.78, 5) is 0.265. The predicted octanol–water partition coefficient (Wildman–Crippen LogP) is 1.87. The number of benzene rings is 1. The minimum Gasteiger partial charge on any atom is -0.382 e. The van der Waals surface area contributed by atoms with E-state index in [2.05, 4.69) is 26.0 Å². The summed E-state index contributed by atoms with van der Waals surface area (Å²) in [6, 6.07) is 5.31. The first-order valence-corrected chi connectivity index (χ1v) is 8.79. The molecule has 0 aliphatic heterocycles. The van der Waals surface area contributed by atoms with Crippen LogP contribution >= 0.6 is 15.9 Å². The standard InChI is InChI=1S/C13H21BrN2O3S/c1-3-19-8-4-7-16-20(17,18)13-9-11(10-15-2)5-6-12(13)14/h5-6,9,15-16H,3-4,7-8,10H2,1-2H3. The molecule has 1 aromatic carbocycles. The lowest BCUT2D eigenvalue weighted by molar-refractivity contribution is 0.146. The van der Waals surface area contributed by atoms with Crippen molar-refractivity contribution in [2.24, 2.45) is 0 Å². The largest absolute Gasteiger partial charge is 0.382 e. The zero-order valence-corrected chi connectivity index (χ0v) is 14.2. The average Bonchev–Trinajstić information content (AvgIpc) is 2.41. The first-order valence-electron chi connectivity index (χ1n) is 6.51. The van der Waals surface area contributed by atoms with Gasteiger partial charge in [0.1, 0.15) is 0 Å². The summed E-state index contributed by atoms with van der Waals surface area (Å²) in [7, 11) is -1.68. The second-order valence-electron chi connectivity index (χ2n) is 4.24. The van der Waals surface area contributed by atoms with Crippen molar-refractivity contribution in [3.8, 4) is 0 Å². The van der Waals surface area contributed by atoms with E-state index in [1.807, 2.05) is 20.0 Å². The average molecular weight is 365 g/mol. The molecule has 0 radical (unpaired) electrons. The number of halogens is 1. The van der Waals surface area contributed by atoms with Gasteiger partial charge in [-0.1, -0.05) is 6.07 Å². The molecule has 20 heavy (non-hydrogen) atoms. The molecular formula is C13H21BrN2O3S. The fourth-order valence-corrected chi connectivity index (χ4v) is 3.76. The Kier molecular flexibility index (Phi) is 7.68. The Hall–Kier alpha value is -0.470. The Labute approximate surface area is 129 Å². The Balaban J connectivity index is 2.73. The number of ether oxygens (including phenoxy) is 1. The van der Waals surface area contributed by atoms with E-state index in [0.29, 0.717) is 37.2 Å².